The van der Waals surface area contributed by atoms with Crippen molar-refractivity contribution in [2.24, 2.45) is 0 Å². The molecule has 0 aromatic carbocycles. The first-order chi connectivity index (χ1) is 9.93. The molecule has 2 aromatic heterocycles. The van der Waals surface area contributed by atoms with Gasteiger partial charge in [-0.05, 0) is 0 Å². The number of nitro groups is 1. The van der Waals surface area contributed by atoms with Gasteiger partial charge in [0.05, 0.1) is 29.3 Å². The number of nitrogens with zero attached hydrogens (tertiary/aromatic N) is 2. The van der Waals surface area contributed by atoms with Gasteiger partial charge in [0.15, 0.2) is 11.6 Å². The minimum absolute atomic E-state index is 0.0237. The van der Waals surface area contributed by atoms with Crippen molar-refractivity contribution in [3.63, 3.8) is 0 Å². The van der Waals surface area contributed by atoms with Gasteiger partial charge in [0.25, 0.3) is 5.69 Å². The van der Waals surface area contributed by atoms with E-state index in [4.69, 9.17) is 0 Å². The Morgan fingerprint density at radius 3 is 2.57 bits per heavy atom. The summed E-state index contributed by atoms with van der Waals surface area (Å²) in [6.45, 7) is 0. The van der Waals surface area contributed by atoms with Crippen LogP contribution in [0.5, 0.6) is 0 Å². The van der Waals surface area contributed by atoms with Gasteiger partial charge in [-0.15, -0.1) is 11.3 Å². The molecule has 0 atom stereocenters. The van der Waals surface area contributed by atoms with Crippen molar-refractivity contribution >= 4 is 34.8 Å². The highest BCUT2D eigenvalue weighted by Gasteiger charge is 2.25. The van der Waals surface area contributed by atoms with E-state index in [2.05, 4.69) is 9.72 Å². The van der Waals surface area contributed by atoms with E-state index in [9.17, 15) is 23.7 Å². The van der Waals surface area contributed by atoms with E-state index in [1.54, 1.807) is 0 Å². The van der Waals surface area contributed by atoms with Crippen LogP contribution in [0.15, 0.2) is 27.6 Å². The number of thiophene rings is 1. The first-order valence-electron chi connectivity index (χ1n) is 5.27. The number of rotatable bonds is 4. The largest absolute Gasteiger partial charge is 0.465 e. The second kappa shape index (κ2) is 6.14. The number of carbonyl (C=O) groups is 1. The summed E-state index contributed by atoms with van der Waals surface area (Å²) in [6, 6.07) is 1.01. The molecule has 0 unspecified atom stereocenters. The zero-order valence-electron chi connectivity index (χ0n) is 10.3. The molecule has 21 heavy (non-hydrogen) atoms. The monoisotopic (exact) mass is 332 g/mol. The Kier molecular flexibility index (Phi) is 4.48. The molecule has 6 nitrogen and oxygen atoms in total. The third kappa shape index (κ3) is 3.16. The normalized spacial score (nSPS) is 10.4. The van der Waals surface area contributed by atoms with Gasteiger partial charge in [-0.2, -0.15) is 0 Å². The smallest absolute Gasteiger partial charge is 0.348 e. The SMILES string of the molecule is COC(=O)c1cc([N+](=O)[O-])c(Sc2c(F)cncc2F)s1. The molecule has 0 aliphatic heterocycles. The van der Waals surface area contributed by atoms with Crippen molar-refractivity contribution in [3.05, 3.63) is 45.1 Å². The van der Waals surface area contributed by atoms with Crippen molar-refractivity contribution in [2.75, 3.05) is 7.11 Å². The first-order valence-corrected chi connectivity index (χ1v) is 6.90. The van der Waals surface area contributed by atoms with Crippen molar-refractivity contribution in [1.82, 2.24) is 4.98 Å². The quantitative estimate of drug-likeness (QED) is 0.485. The lowest BCUT2D eigenvalue weighted by atomic mass is 10.4. The number of hydrogen-bond acceptors (Lipinski definition) is 7. The molecule has 0 radical (unpaired) electrons. The molecule has 0 amide bonds. The Hall–Kier alpha value is -2.07. The van der Waals surface area contributed by atoms with Gasteiger partial charge in [0.1, 0.15) is 9.09 Å². The molecule has 0 spiro atoms. The molecular formula is C11H6F2N2O4S2. The Morgan fingerprint density at radius 2 is 2.05 bits per heavy atom. The summed E-state index contributed by atoms with van der Waals surface area (Å²) in [7, 11) is 1.13. The summed E-state index contributed by atoms with van der Waals surface area (Å²) in [5.41, 5.74) is -0.416. The average Bonchev–Trinajstić information content (AvgIpc) is 2.86. The lowest BCUT2D eigenvalue weighted by Gasteiger charge is -2.01. The van der Waals surface area contributed by atoms with Crippen LogP contribution in [-0.2, 0) is 4.74 Å². The van der Waals surface area contributed by atoms with E-state index in [1.165, 1.54) is 0 Å². The van der Waals surface area contributed by atoms with Gasteiger partial charge in [0, 0.05) is 6.07 Å². The molecule has 2 heterocycles. The Bertz CT molecular complexity index is 700. The van der Waals surface area contributed by atoms with Crippen LogP contribution >= 0.6 is 23.1 Å². The number of ether oxygens (including phenoxy) is 1. The number of esters is 1. The van der Waals surface area contributed by atoms with Gasteiger partial charge in [0.2, 0.25) is 0 Å². The third-order valence-electron chi connectivity index (χ3n) is 2.27. The van der Waals surface area contributed by atoms with Crippen molar-refractivity contribution < 1.29 is 23.2 Å². The zero-order chi connectivity index (χ0) is 15.6. The predicted molar refractivity (Wildman–Crippen MR) is 70.6 cm³/mol. The van der Waals surface area contributed by atoms with Crippen LogP contribution in [0.2, 0.25) is 0 Å². The van der Waals surface area contributed by atoms with Crippen LogP contribution in [0.4, 0.5) is 14.5 Å². The molecule has 0 aliphatic carbocycles. The number of pyridine rings is 1. The number of hydrogen-bond donors (Lipinski definition) is 0. The van der Waals surface area contributed by atoms with E-state index in [0.29, 0.717) is 11.8 Å². The van der Waals surface area contributed by atoms with E-state index in [0.717, 1.165) is 36.9 Å². The van der Waals surface area contributed by atoms with Crippen LogP contribution in [0.3, 0.4) is 0 Å². The van der Waals surface area contributed by atoms with Crippen LogP contribution < -0.4 is 0 Å². The maximum Gasteiger partial charge on any atom is 0.348 e. The number of methoxy groups -OCH3 is 1. The van der Waals surface area contributed by atoms with Gasteiger partial charge in [-0.25, -0.2) is 13.6 Å². The summed E-state index contributed by atoms with van der Waals surface area (Å²) in [5.74, 6) is -2.64. The minimum atomic E-state index is -0.942. The molecule has 0 saturated carbocycles. The average molecular weight is 332 g/mol. The van der Waals surface area contributed by atoms with E-state index >= 15 is 0 Å². The van der Waals surface area contributed by atoms with Gasteiger partial charge < -0.3 is 4.74 Å². The lowest BCUT2D eigenvalue weighted by Crippen LogP contribution is -1.97. The Balaban J connectivity index is 2.46. The molecule has 0 aliphatic rings. The molecular weight excluding hydrogens is 326 g/mol. The molecule has 2 aromatic rings. The van der Waals surface area contributed by atoms with E-state index in [1.807, 2.05) is 0 Å². The second-order valence-electron chi connectivity index (χ2n) is 3.57. The molecule has 0 saturated heterocycles. The van der Waals surface area contributed by atoms with Crippen molar-refractivity contribution in [2.45, 2.75) is 9.10 Å². The summed E-state index contributed by atoms with van der Waals surface area (Å²) in [5, 5.41) is 11.0. The summed E-state index contributed by atoms with van der Waals surface area (Å²) in [6.07, 6.45) is 1.60. The van der Waals surface area contributed by atoms with Crippen molar-refractivity contribution in [3.8, 4) is 0 Å². The van der Waals surface area contributed by atoms with Gasteiger partial charge in [-0.3, -0.25) is 15.1 Å². The fourth-order valence-electron chi connectivity index (χ4n) is 1.36. The predicted octanol–water partition coefficient (Wildman–Crippen LogP) is 3.27. The minimum Gasteiger partial charge on any atom is -0.465 e. The number of carbonyl (C=O) groups excluding carboxylic acids is 1. The van der Waals surface area contributed by atoms with Crippen LogP contribution in [0.25, 0.3) is 0 Å². The molecule has 0 fully saturated rings. The molecule has 110 valence electrons. The van der Waals surface area contributed by atoms with Crippen LogP contribution in [-0.4, -0.2) is 23.0 Å². The molecule has 10 heteroatoms. The molecule has 0 N–H and O–H groups in total. The summed E-state index contributed by atoms with van der Waals surface area (Å²) < 4.78 is 31.5. The highest BCUT2D eigenvalue weighted by molar-refractivity contribution is 8.01. The number of aromatic nitrogens is 1. The van der Waals surface area contributed by atoms with Crippen LogP contribution in [0, 0.1) is 21.7 Å². The van der Waals surface area contributed by atoms with Crippen LogP contribution in [0.1, 0.15) is 9.67 Å². The van der Waals surface area contributed by atoms with E-state index in [-0.39, 0.29) is 9.09 Å². The number of halogens is 2. The topological polar surface area (TPSA) is 82.3 Å². The Morgan fingerprint density at radius 1 is 1.43 bits per heavy atom. The standard InChI is InChI=1S/C11H6F2N2O4S2/c1-19-10(16)8-2-7(15(17)18)11(20-8)21-9-5(12)3-14-4-6(9)13/h2-4H,1H3. The summed E-state index contributed by atoms with van der Waals surface area (Å²) in [4.78, 5) is 24.5. The second-order valence-corrected chi connectivity index (χ2v) is 5.90. The third-order valence-corrected chi connectivity index (χ3v) is 4.65. The van der Waals surface area contributed by atoms with E-state index < -0.39 is 33.1 Å². The fourth-order valence-corrected chi connectivity index (χ4v) is 3.54. The fraction of sp³-hybridized carbons (Fsp3) is 0.0909. The Labute approximate surface area is 124 Å². The highest BCUT2D eigenvalue weighted by Crippen LogP contribution is 2.42. The summed E-state index contributed by atoms with van der Waals surface area (Å²) >= 11 is 1.25. The maximum absolute atomic E-state index is 13.5. The van der Waals surface area contributed by atoms with Crippen molar-refractivity contribution in [1.29, 1.82) is 0 Å². The first kappa shape index (κ1) is 15.3. The molecule has 0 bridgehead atoms. The zero-order valence-corrected chi connectivity index (χ0v) is 12.0. The highest BCUT2D eigenvalue weighted by atomic mass is 32.2. The van der Waals surface area contributed by atoms with Gasteiger partial charge >= 0.3 is 5.97 Å². The maximum atomic E-state index is 13.5. The lowest BCUT2D eigenvalue weighted by molar-refractivity contribution is -0.387. The molecule has 2 rings (SSSR count). The van der Waals surface area contributed by atoms with Gasteiger partial charge in [-0.1, -0.05) is 11.8 Å².